The molecule has 0 aliphatic rings. The molecule has 3 nitrogen and oxygen atoms in total. The average Bonchev–Trinajstić information content (AvgIpc) is 2.34. The normalized spacial score (nSPS) is 10.3. The molecule has 0 fully saturated rings. The molecule has 0 bridgehead atoms. The Morgan fingerprint density at radius 3 is 2.16 bits per heavy atom. The van der Waals surface area contributed by atoms with E-state index in [1.165, 1.54) is 12.1 Å². The molecule has 0 heterocycles. The molecule has 0 spiro atoms. The Bertz CT molecular complexity index is 601. The third-order valence-electron chi connectivity index (χ3n) is 2.62. The fraction of sp³-hybridized carbons (Fsp3) is 0.0714. The molecule has 0 saturated heterocycles. The number of benzene rings is 2. The Morgan fingerprint density at radius 1 is 1.11 bits per heavy atom. The van der Waals surface area contributed by atoms with Gasteiger partial charge in [0.2, 0.25) is 0 Å². The van der Waals surface area contributed by atoms with Crippen LogP contribution < -0.4 is 11.1 Å². The van der Waals surface area contributed by atoms with Crippen molar-refractivity contribution >= 4 is 40.5 Å². The van der Waals surface area contributed by atoms with Crippen LogP contribution in [0.25, 0.3) is 0 Å². The first kappa shape index (κ1) is 13.7. The molecule has 19 heavy (non-hydrogen) atoms. The van der Waals surface area contributed by atoms with Crippen molar-refractivity contribution in [3.8, 4) is 0 Å². The molecule has 1 amide bonds. The zero-order chi connectivity index (χ0) is 14.0. The molecule has 3 N–H and O–H groups in total. The number of aryl methyl sites for hydroxylation is 1. The van der Waals surface area contributed by atoms with Crippen molar-refractivity contribution in [2.75, 3.05) is 11.1 Å². The second-order valence-corrected chi connectivity index (χ2v) is 4.99. The van der Waals surface area contributed by atoms with E-state index in [4.69, 9.17) is 28.9 Å². The van der Waals surface area contributed by atoms with Crippen LogP contribution in [0.15, 0.2) is 36.4 Å². The molecule has 0 unspecified atom stereocenters. The third-order valence-corrected chi connectivity index (χ3v) is 3.21. The second kappa shape index (κ2) is 5.51. The molecule has 5 heteroatoms. The van der Waals surface area contributed by atoms with Gasteiger partial charge >= 0.3 is 0 Å². The summed E-state index contributed by atoms with van der Waals surface area (Å²) in [5.41, 5.74) is 8.04. The number of nitrogens with two attached hydrogens (primary N) is 1. The van der Waals surface area contributed by atoms with E-state index in [9.17, 15) is 4.79 Å². The Morgan fingerprint density at radius 2 is 1.63 bits per heavy atom. The molecule has 2 rings (SSSR count). The largest absolute Gasteiger partial charge is 0.399 e. The number of rotatable bonds is 2. The van der Waals surface area contributed by atoms with Gasteiger partial charge in [-0.05, 0) is 31.2 Å². The maximum Gasteiger partial charge on any atom is 0.255 e. The number of hydrogen-bond acceptors (Lipinski definition) is 2. The highest BCUT2D eigenvalue weighted by molar-refractivity contribution is 6.40. The van der Waals surface area contributed by atoms with E-state index in [0.29, 0.717) is 27.0 Å². The average molecular weight is 295 g/mol. The van der Waals surface area contributed by atoms with Gasteiger partial charge < -0.3 is 11.1 Å². The van der Waals surface area contributed by atoms with Gasteiger partial charge in [0, 0.05) is 11.3 Å². The SMILES string of the molecule is Cc1ccc(C(=O)Nc2c(Cl)cc(N)cc2Cl)cc1. The zero-order valence-electron chi connectivity index (χ0n) is 10.2. The Labute approximate surface area is 121 Å². The van der Waals surface area contributed by atoms with Crippen LogP contribution in [0, 0.1) is 6.92 Å². The molecule has 98 valence electrons. The standard InChI is InChI=1S/C14H12Cl2N2O/c1-8-2-4-9(5-3-8)14(19)18-13-11(15)6-10(17)7-12(13)16/h2-7H,17H2,1H3,(H,18,19). The van der Waals surface area contributed by atoms with Crippen molar-refractivity contribution in [2.45, 2.75) is 6.92 Å². The van der Waals surface area contributed by atoms with Gasteiger partial charge in [-0.2, -0.15) is 0 Å². The van der Waals surface area contributed by atoms with E-state index in [2.05, 4.69) is 5.32 Å². The lowest BCUT2D eigenvalue weighted by Gasteiger charge is -2.10. The molecule has 0 saturated carbocycles. The minimum Gasteiger partial charge on any atom is -0.399 e. The minimum atomic E-state index is -0.270. The van der Waals surface area contributed by atoms with Crippen molar-refractivity contribution in [3.63, 3.8) is 0 Å². The summed E-state index contributed by atoms with van der Waals surface area (Å²) >= 11 is 12.0. The van der Waals surface area contributed by atoms with E-state index < -0.39 is 0 Å². The van der Waals surface area contributed by atoms with Gasteiger partial charge in [-0.1, -0.05) is 40.9 Å². The van der Waals surface area contributed by atoms with Gasteiger partial charge in [0.05, 0.1) is 15.7 Å². The van der Waals surface area contributed by atoms with Gasteiger partial charge in [-0.15, -0.1) is 0 Å². The van der Waals surface area contributed by atoms with Crippen molar-refractivity contribution in [1.82, 2.24) is 0 Å². The van der Waals surface area contributed by atoms with Crippen LogP contribution >= 0.6 is 23.2 Å². The molecule has 0 atom stereocenters. The number of carbonyl (C=O) groups excluding carboxylic acids is 1. The van der Waals surface area contributed by atoms with Gasteiger partial charge in [0.25, 0.3) is 5.91 Å². The van der Waals surface area contributed by atoms with E-state index in [1.54, 1.807) is 12.1 Å². The predicted octanol–water partition coefficient (Wildman–Crippen LogP) is 4.14. The lowest BCUT2D eigenvalue weighted by molar-refractivity contribution is 0.102. The van der Waals surface area contributed by atoms with Crippen LogP contribution in [0.4, 0.5) is 11.4 Å². The number of nitrogens with one attached hydrogen (secondary N) is 1. The lowest BCUT2D eigenvalue weighted by atomic mass is 10.1. The van der Waals surface area contributed by atoms with Gasteiger partial charge in [0.15, 0.2) is 0 Å². The molecule has 0 aromatic heterocycles. The fourth-order valence-corrected chi connectivity index (χ4v) is 2.20. The van der Waals surface area contributed by atoms with Crippen LogP contribution in [-0.2, 0) is 0 Å². The van der Waals surface area contributed by atoms with Crippen molar-refractivity contribution < 1.29 is 4.79 Å². The molecule has 2 aromatic rings. The maximum atomic E-state index is 12.1. The first-order chi connectivity index (χ1) is 8.97. The monoisotopic (exact) mass is 294 g/mol. The highest BCUT2D eigenvalue weighted by atomic mass is 35.5. The fourth-order valence-electron chi connectivity index (χ4n) is 1.60. The zero-order valence-corrected chi connectivity index (χ0v) is 11.7. The van der Waals surface area contributed by atoms with Crippen molar-refractivity contribution in [1.29, 1.82) is 0 Å². The van der Waals surface area contributed by atoms with Gasteiger partial charge in [0.1, 0.15) is 0 Å². The predicted molar refractivity (Wildman–Crippen MR) is 80.0 cm³/mol. The number of anilines is 2. The number of halogens is 2. The summed E-state index contributed by atoms with van der Waals surface area (Å²) < 4.78 is 0. The van der Waals surface area contributed by atoms with Crippen LogP contribution in [0.3, 0.4) is 0 Å². The Hall–Kier alpha value is -1.71. The van der Waals surface area contributed by atoms with Crippen LogP contribution in [0.5, 0.6) is 0 Å². The summed E-state index contributed by atoms with van der Waals surface area (Å²) in [4.78, 5) is 12.1. The lowest BCUT2D eigenvalue weighted by Crippen LogP contribution is -2.12. The van der Waals surface area contributed by atoms with Crippen molar-refractivity contribution in [2.24, 2.45) is 0 Å². The van der Waals surface area contributed by atoms with Gasteiger partial charge in [-0.3, -0.25) is 4.79 Å². The first-order valence-electron chi connectivity index (χ1n) is 5.60. The first-order valence-corrected chi connectivity index (χ1v) is 6.35. The second-order valence-electron chi connectivity index (χ2n) is 4.18. The summed E-state index contributed by atoms with van der Waals surface area (Å²) in [5.74, 6) is -0.270. The summed E-state index contributed by atoms with van der Waals surface area (Å²) in [6, 6.07) is 10.3. The number of nitrogen functional groups attached to an aromatic ring is 1. The Balaban J connectivity index is 2.26. The van der Waals surface area contributed by atoms with E-state index >= 15 is 0 Å². The van der Waals surface area contributed by atoms with Crippen LogP contribution in [0.2, 0.25) is 10.0 Å². The van der Waals surface area contributed by atoms with Crippen LogP contribution in [0.1, 0.15) is 15.9 Å². The van der Waals surface area contributed by atoms with Gasteiger partial charge in [-0.25, -0.2) is 0 Å². The smallest absolute Gasteiger partial charge is 0.255 e. The minimum absolute atomic E-state index is 0.270. The highest BCUT2D eigenvalue weighted by Gasteiger charge is 2.12. The third kappa shape index (κ3) is 3.19. The molecular formula is C14H12Cl2N2O. The summed E-state index contributed by atoms with van der Waals surface area (Å²) in [6.07, 6.45) is 0. The number of carbonyl (C=O) groups is 1. The Kier molecular flexibility index (Phi) is 3.98. The summed E-state index contributed by atoms with van der Waals surface area (Å²) in [6.45, 7) is 1.95. The molecule has 0 aliphatic heterocycles. The topological polar surface area (TPSA) is 55.1 Å². The summed E-state index contributed by atoms with van der Waals surface area (Å²) in [7, 11) is 0. The number of amides is 1. The summed E-state index contributed by atoms with van der Waals surface area (Å²) in [5, 5.41) is 3.30. The maximum absolute atomic E-state index is 12.1. The van der Waals surface area contributed by atoms with E-state index in [1.807, 2.05) is 19.1 Å². The molecule has 2 aromatic carbocycles. The highest BCUT2D eigenvalue weighted by Crippen LogP contribution is 2.33. The molecule has 0 aliphatic carbocycles. The van der Waals surface area contributed by atoms with E-state index in [0.717, 1.165) is 5.56 Å². The molecular weight excluding hydrogens is 283 g/mol. The number of hydrogen-bond donors (Lipinski definition) is 2. The van der Waals surface area contributed by atoms with Crippen LogP contribution in [-0.4, -0.2) is 5.91 Å². The molecule has 0 radical (unpaired) electrons. The quantitative estimate of drug-likeness (QED) is 0.818. The van der Waals surface area contributed by atoms with E-state index in [-0.39, 0.29) is 5.91 Å². The van der Waals surface area contributed by atoms with Crippen molar-refractivity contribution in [3.05, 3.63) is 57.6 Å².